The molecule has 14 heteroatoms. The number of carbonyl (C=O) groups excluding carboxylic acids is 2. The molecule has 5 rings (SSSR count). The lowest BCUT2D eigenvalue weighted by molar-refractivity contribution is 0.0994. The van der Waals surface area contributed by atoms with Gasteiger partial charge in [0.05, 0.1) is 35.0 Å². The van der Waals surface area contributed by atoms with E-state index < -0.39 is 29.9 Å². The van der Waals surface area contributed by atoms with E-state index in [9.17, 15) is 18.4 Å². The average molecular weight is 524 g/mol. The second-order valence-electron chi connectivity index (χ2n) is 8.74. The molecule has 0 spiro atoms. The summed E-state index contributed by atoms with van der Waals surface area (Å²) in [4.78, 5) is 37.0. The van der Waals surface area contributed by atoms with E-state index in [2.05, 4.69) is 35.9 Å². The van der Waals surface area contributed by atoms with E-state index in [0.29, 0.717) is 23.0 Å². The Morgan fingerprint density at radius 3 is 2.71 bits per heavy atom. The van der Waals surface area contributed by atoms with E-state index in [1.165, 1.54) is 17.8 Å². The van der Waals surface area contributed by atoms with Crippen molar-refractivity contribution < 1.29 is 27.5 Å². The van der Waals surface area contributed by atoms with Crippen LogP contribution >= 0.6 is 0 Å². The van der Waals surface area contributed by atoms with Crippen molar-refractivity contribution in [1.29, 1.82) is 0 Å². The topological polar surface area (TPSA) is 150 Å². The third kappa shape index (κ3) is 5.19. The van der Waals surface area contributed by atoms with Crippen molar-refractivity contribution in [3.63, 3.8) is 0 Å². The molecule has 4 aromatic heterocycles. The molecule has 0 bridgehead atoms. The first-order valence-corrected chi connectivity index (χ1v) is 11.6. The van der Waals surface area contributed by atoms with Gasteiger partial charge in [-0.15, -0.1) is 5.10 Å². The summed E-state index contributed by atoms with van der Waals surface area (Å²) in [5.41, 5.74) is 1.28. The molecule has 2 N–H and O–H groups in total. The molecule has 1 atom stereocenters. The summed E-state index contributed by atoms with van der Waals surface area (Å²) in [5, 5.41) is 13.2. The van der Waals surface area contributed by atoms with Crippen molar-refractivity contribution in [2.24, 2.45) is 7.05 Å². The molecular weight excluding hydrogens is 502 g/mol. The quantitative estimate of drug-likeness (QED) is 0.338. The standard InChI is InChI=1S/C24H22F2N8O4/c1-11-16(30-22(35)18-10-28-23(38-18)13-4-5-13)6-7-17(29-11)19-21(34(3)33-32-19)31-24(36)37-12(2)15-8-14(25)9-27-20(15)26/h6-10,12-13H,4-5H2,1-3H3,(H,30,35)(H,31,36). The first-order valence-electron chi connectivity index (χ1n) is 11.6. The molecule has 0 aliphatic heterocycles. The maximum atomic E-state index is 13.9. The lowest BCUT2D eigenvalue weighted by atomic mass is 10.2. The summed E-state index contributed by atoms with van der Waals surface area (Å²) in [6.07, 6.45) is 2.05. The molecular formula is C24H22F2N8O4. The minimum absolute atomic E-state index is 0.109. The van der Waals surface area contributed by atoms with Gasteiger partial charge in [-0.25, -0.2) is 28.8 Å². The fraction of sp³-hybridized carbons (Fsp3) is 0.292. The molecule has 2 amide bonds. The molecule has 4 aromatic rings. The van der Waals surface area contributed by atoms with Crippen LogP contribution in [0.1, 0.15) is 59.5 Å². The zero-order valence-electron chi connectivity index (χ0n) is 20.5. The third-order valence-electron chi connectivity index (χ3n) is 5.85. The Morgan fingerprint density at radius 1 is 1.18 bits per heavy atom. The predicted octanol–water partition coefficient (Wildman–Crippen LogP) is 4.29. The number of carbonyl (C=O) groups is 2. The van der Waals surface area contributed by atoms with Gasteiger partial charge < -0.3 is 14.5 Å². The molecule has 1 unspecified atom stereocenters. The number of ether oxygens (including phenoxy) is 1. The van der Waals surface area contributed by atoms with Crippen molar-refractivity contribution >= 4 is 23.5 Å². The Hall–Kier alpha value is -4.75. The molecule has 38 heavy (non-hydrogen) atoms. The van der Waals surface area contributed by atoms with Crippen molar-refractivity contribution in [2.75, 3.05) is 10.6 Å². The number of nitrogens with one attached hydrogen (secondary N) is 2. The molecule has 0 aromatic carbocycles. The molecule has 196 valence electrons. The smallest absolute Gasteiger partial charge is 0.413 e. The van der Waals surface area contributed by atoms with Gasteiger partial charge in [-0.05, 0) is 44.9 Å². The zero-order chi connectivity index (χ0) is 27.0. The van der Waals surface area contributed by atoms with Gasteiger partial charge in [0.1, 0.15) is 11.9 Å². The van der Waals surface area contributed by atoms with Crippen molar-refractivity contribution in [3.8, 4) is 11.4 Å². The number of pyridine rings is 2. The van der Waals surface area contributed by atoms with Crippen LogP contribution in [0.25, 0.3) is 11.4 Å². The molecule has 1 fully saturated rings. The molecule has 1 aliphatic rings. The second kappa shape index (κ2) is 9.95. The van der Waals surface area contributed by atoms with Crippen LogP contribution < -0.4 is 10.6 Å². The molecule has 0 radical (unpaired) electrons. The monoisotopic (exact) mass is 524 g/mol. The Balaban J connectivity index is 1.29. The molecule has 12 nitrogen and oxygen atoms in total. The van der Waals surface area contributed by atoms with Crippen LogP contribution in [0.4, 0.5) is 25.1 Å². The van der Waals surface area contributed by atoms with E-state index in [1.807, 2.05) is 0 Å². The lowest BCUT2D eigenvalue weighted by Gasteiger charge is -2.15. The van der Waals surface area contributed by atoms with Gasteiger partial charge in [0.25, 0.3) is 5.91 Å². The Labute approximate surface area is 214 Å². The number of rotatable bonds is 7. The van der Waals surface area contributed by atoms with Crippen LogP contribution in [0.3, 0.4) is 0 Å². The van der Waals surface area contributed by atoms with Gasteiger partial charge >= 0.3 is 6.09 Å². The van der Waals surface area contributed by atoms with Crippen LogP contribution in [-0.2, 0) is 11.8 Å². The van der Waals surface area contributed by atoms with Crippen LogP contribution in [0.5, 0.6) is 0 Å². The van der Waals surface area contributed by atoms with Gasteiger partial charge in [0, 0.05) is 13.0 Å². The van der Waals surface area contributed by atoms with Gasteiger partial charge in [0.2, 0.25) is 11.7 Å². The average Bonchev–Trinajstić information content (AvgIpc) is 3.50. The highest BCUT2D eigenvalue weighted by molar-refractivity contribution is 6.02. The number of anilines is 2. The Kier molecular flexibility index (Phi) is 6.53. The fourth-order valence-corrected chi connectivity index (χ4v) is 3.66. The van der Waals surface area contributed by atoms with E-state index in [4.69, 9.17) is 9.15 Å². The first kappa shape index (κ1) is 24.9. The molecule has 0 saturated heterocycles. The van der Waals surface area contributed by atoms with Gasteiger partial charge in [-0.3, -0.25) is 10.1 Å². The van der Waals surface area contributed by atoms with Crippen LogP contribution in [-0.4, -0.2) is 41.9 Å². The number of amides is 2. The summed E-state index contributed by atoms with van der Waals surface area (Å²) < 4.78 is 39.4. The highest BCUT2D eigenvalue weighted by Gasteiger charge is 2.29. The Bertz CT molecular complexity index is 1530. The highest BCUT2D eigenvalue weighted by atomic mass is 19.1. The maximum absolute atomic E-state index is 13.9. The number of oxazole rings is 1. The molecule has 1 saturated carbocycles. The van der Waals surface area contributed by atoms with E-state index in [1.54, 1.807) is 26.1 Å². The first-order chi connectivity index (χ1) is 18.2. The van der Waals surface area contributed by atoms with Crippen molar-refractivity contribution in [3.05, 3.63) is 65.3 Å². The van der Waals surface area contributed by atoms with Crippen LogP contribution in [0, 0.1) is 18.7 Å². The van der Waals surface area contributed by atoms with Crippen molar-refractivity contribution in [1.82, 2.24) is 29.9 Å². The van der Waals surface area contributed by atoms with Crippen molar-refractivity contribution in [2.45, 2.75) is 38.7 Å². The summed E-state index contributed by atoms with van der Waals surface area (Å²) in [5.74, 6) is -1.06. The number of halogens is 2. The zero-order valence-corrected chi connectivity index (χ0v) is 20.5. The Morgan fingerprint density at radius 2 is 1.97 bits per heavy atom. The summed E-state index contributed by atoms with van der Waals surface area (Å²) in [7, 11) is 1.54. The largest absolute Gasteiger partial charge is 0.441 e. The van der Waals surface area contributed by atoms with Crippen LogP contribution in [0.15, 0.2) is 35.0 Å². The summed E-state index contributed by atoms with van der Waals surface area (Å²) in [6, 6.07) is 4.13. The second-order valence-corrected chi connectivity index (χ2v) is 8.74. The molecule has 4 heterocycles. The molecule has 1 aliphatic carbocycles. The SMILES string of the molecule is Cc1nc(-c2nnn(C)c2NC(=O)OC(C)c2cc(F)cnc2F)ccc1NC(=O)c1cnc(C2CC2)o1. The third-order valence-corrected chi connectivity index (χ3v) is 5.85. The van der Waals surface area contributed by atoms with Gasteiger partial charge in [-0.2, -0.15) is 4.39 Å². The predicted molar refractivity (Wildman–Crippen MR) is 128 cm³/mol. The minimum Gasteiger partial charge on any atom is -0.441 e. The summed E-state index contributed by atoms with van der Waals surface area (Å²) in [6.45, 7) is 3.07. The number of hydrogen-bond acceptors (Lipinski definition) is 9. The number of aromatic nitrogens is 6. The highest BCUT2D eigenvalue weighted by Crippen LogP contribution is 2.39. The van der Waals surface area contributed by atoms with Gasteiger partial charge in [-0.1, -0.05) is 5.21 Å². The van der Waals surface area contributed by atoms with Crippen LogP contribution in [0.2, 0.25) is 0 Å². The fourth-order valence-electron chi connectivity index (χ4n) is 3.66. The van der Waals surface area contributed by atoms with E-state index >= 15 is 0 Å². The number of aryl methyl sites for hydroxylation is 2. The normalized spacial score (nSPS) is 13.7. The van der Waals surface area contributed by atoms with Gasteiger partial charge in [0.15, 0.2) is 17.4 Å². The summed E-state index contributed by atoms with van der Waals surface area (Å²) >= 11 is 0. The number of hydrogen-bond donors (Lipinski definition) is 2. The maximum Gasteiger partial charge on any atom is 0.413 e. The number of nitrogens with zero attached hydrogens (tertiary/aromatic N) is 6. The lowest BCUT2D eigenvalue weighted by Crippen LogP contribution is -2.19. The minimum atomic E-state index is -1.13. The van der Waals surface area contributed by atoms with E-state index in [0.717, 1.165) is 25.1 Å². The van der Waals surface area contributed by atoms with E-state index in [-0.39, 0.29) is 28.8 Å².